The first-order chi connectivity index (χ1) is 18.6. The summed E-state index contributed by atoms with van der Waals surface area (Å²) in [5.74, 6) is 0.890. The van der Waals surface area contributed by atoms with E-state index in [1.54, 1.807) is 19.2 Å². The quantitative estimate of drug-likeness (QED) is 0.358. The Labute approximate surface area is 223 Å². The van der Waals surface area contributed by atoms with Gasteiger partial charge < -0.3 is 9.64 Å². The smallest absolute Gasteiger partial charge is 0.416 e. The number of tetrazole rings is 1. The van der Waals surface area contributed by atoms with Gasteiger partial charge in [0.25, 0.3) is 0 Å². The summed E-state index contributed by atoms with van der Waals surface area (Å²) in [4.78, 5) is 22.8. The number of aromatic nitrogens is 5. The van der Waals surface area contributed by atoms with Gasteiger partial charge in [-0.05, 0) is 60.9 Å². The highest BCUT2D eigenvalue weighted by atomic mass is 19.4. The van der Waals surface area contributed by atoms with E-state index in [4.69, 9.17) is 4.74 Å². The SMILES string of the molecule is Cc1nnn(Cc2cc(C(F)(F)F)ccc2CCC(=O)N2CCN(Cc3ccc(OCCF)cn3)CC2C)n1. The Balaban J connectivity index is 1.34. The van der Waals surface area contributed by atoms with Crippen LogP contribution in [-0.4, -0.2) is 79.9 Å². The molecule has 1 fully saturated rings. The zero-order valence-corrected chi connectivity index (χ0v) is 21.9. The summed E-state index contributed by atoms with van der Waals surface area (Å²) in [7, 11) is 0. The number of hydrogen-bond donors (Lipinski definition) is 0. The van der Waals surface area contributed by atoms with E-state index in [-0.39, 0.29) is 31.5 Å². The van der Waals surface area contributed by atoms with Crippen LogP contribution in [0.3, 0.4) is 0 Å². The van der Waals surface area contributed by atoms with Crippen molar-refractivity contribution >= 4 is 5.91 Å². The van der Waals surface area contributed by atoms with E-state index in [1.165, 1.54) is 10.9 Å². The number of nitrogens with zero attached hydrogens (tertiary/aromatic N) is 7. The lowest BCUT2D eigenvalue weighted by atomic mass is 9.99. The normalized spacial score (nSPS) is 16.5. The van der Waals surface area contributed by atoms with Crippen LogP contribution in [0.4, 0.5) is 17.6 Å². The molecule has 1 aromatic carbocycles. The lowest BCUT2D eigenvalue weighted by Gasteiger charge is -2.40. The summed E-state index contributed by atoms with van der Waals surface area (Å²) < 4.78 is 57.5. The largest absolute Gasteiger partial charge is 0.489 e. The van der Waals surface area contributed by atoms with Gasteiger partial charge in [0.2, 0.25) is 5.91 Å². The third-order valence-corrected chi connectivity index (χ3v) is 6.57. The molecule has 9 nitrogen and oxygen atoms in total. The third kappa shape index (κ3) is 7.71. The average Bonchev–Trinajstić information content (AvgIpc) is 3.31. The minimum absolute atomic E-state index is 0.00651. The van der Waals surface area contributed by atoms with E-state index in [0.717, 1.165) is 17.8 Å². The Bertz CT molecular complexity index is 1250. The van der Waals surface area contributed by atoms with Gasteiger partial charge in [-0.1, -0.05) is 6.07 Å². The first-order valence-corrected chi connectivity index (χ1v) is 12.7. The van der Waals surface area contributed by atoms with Crippen molar-refractivity contribution < 1.29 is 27.1 Å². The number of pyridine rings is 1. The zero-order valence-electron chi connectivity index (χ0n) is 21.9. The molecular weight excluding hydrogens is 518 g/mol. The molecule has 4 rings (SSSR count). The molecule has 39 heavy (non-hydrogen) atoms. The van der Waals surface area contributed by atoms with Crippen LogP contribution in [0.25, 0.3) is 0 Å². The van der Waals surface area contributed by atoms with Gasteiger partial charge in [0.15, 0.2) is 5.82 Å². The fourth-order valence-electron chi connectivity index (χ4n) is 4.64. The number of carbonyl (C=O) groups excluding carboxylic acids is 1. The maximum absolute atomic E-state index is 13.3. The van der Waals surface area contributed by atoms with Gasteiger partial charge in [0.05, 0.1) is 24.0 Å². The van der Waals surface area contributed by atoms with Crippen molar-refractivity contribution in [2.75, 3.05) is 32.9 Å². The number of benzene rings is 1. The number of piperazine rings is 1. The van der Waals surface area contributed by atoms with Gasteiger partial charge in [-0.3, -0.25) is 14.7 Å². The van der Waals surface area contributed by atoms with Gasteiger partial charge in [-0.25, -0.2) is 4.39 Å². The highest BCUT2D eigenvalue weighted by Crippen LogP contribution is 2.31. The van der Waals surface area contributed by atoms with Gasteiger partial charge in [0, 0.05) is 38.6 Å². The molecular formula is C26H31F4N7O2. The van der Waals surface area contributed by atoms with Gasteiger partial charge in [0.1, 0.15) is 19.0 Å². The van der Waals surface area contributed by atoms with Crippen LogP contribution in [0.2, 0.25) is 0 Å². The molecule has 0 spiro atoms. The Morgan fingerprint density at radius 3 is 2.59 bits per heavy atom. The summed E-state index contributed by atoms with van der Waals surface area (Å²) in [6, 6.07) is 7.13. The second-order valence-corrected chi connectivity index (χ2v) is 9.54. The van der Waals surface area contributed by atoms with Crippen molar-refractivity contribution in [3.05, 3.63) is 64.7 Å². The molecule has 1 saturated heterocycles. The fourth-order valence-corrected chi connectivity index (χ4v) is 4.64. The predicted molar refractivity (Wildman–Crippen MR) is 134 cm³/mol. The lowest BCUT2D eigenvalue weighted by molar-refractivity contribution is -0.138. The number of ether oxygens (including phenoxy) is 1. The van der Waals surface area contributed by atoms with Crippen LogP contribution in [0, 0.1) is 6.92 Å². The van der Waals surface area contributed by atoms with Gasteiger partial charge in [-0.15, -0.1) is 10.2 Å². The molecule has 3 heterocycles. The average molecular weight is 550 g/mol. The van der Waals surface area contributed by atoms with E-state index in [9.17, 15) is 22.4 Å². The Hall–Kier alpha value is -3.61. The van der Waals surface area contributed by atoms with Crippen LogP contribution in [0.1, 0.15) is 41.6 Å². The van der Waals surface area contributed by atoms with Crippen molar-refractivity contribution in [3.63, 3.8) is 0 Å². The number of carbonyl (C=O) groups is 1. The number of rotatable bonds is 10. The zero-order chi connectivity index (χ0) is 28.0. The molecule has 1 aliphatic rings. The molecule has 0 radical (unpaired) electrons. The second kappa shape index (κ2) is 12.5. The molecule has 0 N–H and O–H groups in total. The van der Waals surface area contributed by atoms with E-state index >= 15 is 0 Å². The summed E-state index contributed by atoms with van der Waals surface area (Å²) in [5.41, 5.74) is 1.14. The standard InChI is InChI=1S/C26H31F4N7O2/c1-18-15-35(17-23-6-7-24(14-31-23)39-12-9-27)10-11-36(18)25(38)8-4-20-3-5-22(26(28,29)30)13-21(20)16-37-33-19(2)32-34-37/h3,5-7,13-14,18H,4,8-12,15-17H2,1-2H3. The molecule has 0 bridgehead atoms. The van der Waals surface area contributed by atoms with E-state index in [1.807, 2.05) is 17.9 Å². The molecule has 0 aliphatic carbocycles. The summed E-state index contributed by atoms with van der Waals surface area (Å²) in [6.07, 6.45) is -2.43. The molecule has 1 aliphatic heterocycles. The van der Waals surface area contributed by atoms with E-state index < -0.39 is 18.4 Å². The van der Waals surface area contributed by atoms with Crippen molar-refractivity contribution in [1.82, 2.24) is 35.0 Å². The maximum atomic E-state index is 13.3. The third-order valence-electron chi connectivity index (χ3n) is 6.57. The fraction of sp³-hybridized carbons (Fsp3) is 0.500. The second-order valence-electron chi connectivity index (χ2n) is 9.54. The van der Waals surface area contributed by atoms with Gasteiger partial charge >= 0.3 is 6.18 Å². The summed E-state index contributed by atoms with van der Waals surface area (Å²) >= 11 is 0. The van der Waals surface area contributed by atoms with Crippen molar-refractivity contribution in [2.24, 2.45) is 0 Å². The van der Waals surface area contributed by atoms with Crippen LogP contribution in [0.5, 0.6) is 5.75 Å². The first kappa shape index (κ1) is 28.4. The van der Waals surface area contributed by atoms with Crippen LogP contribution >= 0.6 is 0 Å². The Morgan fingerprint density at radius 2 is 1.95 bits per heavy atom. The van der Waals surface area contributed by atoms with Crippen molar-refractivity contribution in [3.8, 4) is 5.75 Å². The molecule has 1 amide bonds. The van der Waals surface area contributed by atoms with Crippen LogP contribution in [0.15, 0.2) is 36.5 Å². The Kier molecular flexibility index (Phi) is 9.10. The minimum atomic E-state index is -4.48. The van der Waals surface area contributed by atoms with Crippen LogP contribution in [-0.2, 0) is 30.5 Å². The van der Waals surface area contributed by atoms with Crippen molar-refractivity contribution in [1.29, 1.82) is 0 Å². The molecule has 0 saturated carbocycles. The molecule has 3 aromatic rings. The lowest BCUT2D eigenvalue weighted by Crippen LogP contribution is -2.53. The first-order valence-electron chi connectivity index (χ1n) is 12.7. The number of hydrogen-bond acceptors (Lipinski definition) is 7. The summed E-state index contributed by atoms with van der Waals surface area (Å²) in [6.45, 7) is 5.57. The number of halogens is 4. The molecule has 13 heteroatoms. The molecule has 1 atom stereocenters. The Morgan fingerprint density at radius 1 is 1.13 bits per heavy atom. The number of amides is 1. The molecule has 210 valence electrons. The summed E-state index contributed by atoms with van der Waals surface area (Å²) in [5, 5.41) is 11.7. The van der Waals surface area contributed by atoms with Gasteiger partial charge in [-0.2, -0.15) is 18.0 Å². The minimum Gasteiger partial charge on any atom is -0.489 e. The van der Waals surface area contributed by atoms with E-state index in [0.29, 0.717) is 55.3 Å². The topological polar surface area (TPSA) is 89.3 Å². The number of aryl methyl sites for hydroxylation is 2. The highest BCUT2D eigenvalue weighted by Gasteiger charge is 2.31. The van der Waals surface area contributed by atoms with Crippen LogP contribution < -0.4 is 4.74 Å². The number of alkyl halides is 4. The maximum Gasteiger partial charge on any atom is 0.416 e. The predicted octanol–water partition coefficient (Wildman–Crippen LogP) is 3.46. The highest BCUT2D eigenvalue weighted by molar-refractivity contribution is 5.77. The van der Waals surface area contributed by atoms with Crippen molar-refractivity contribution in [2.45, 2.75) is 52.0 Å². The van der Waals surface area contributed by atoms with E-state index in [2.05, 4.69) is 25.3 Å². The molecule has 2 aromatic heterocycles. The molecule has 1 unspecified atom stereocenters. The monoisotopic (exact) mass is 549 g/mol.